The molecule has 0 amide bonds. The summed E-state index contributed by atoms with van der Waals surface area (Å²) in [5.74, 6) is 0.0703. The molecule has 0 aliphatic rings. The number of benzene rings is 2. The van der Waals surface area contributed by atoms with Crippen LogP contribution < -0.4 is 15.9 Å². The summed E-state index contributed by atoms with van der Waals surface area (Å²) >= 11 is 4.73. The Morgan fingerprint density at radius 2 is 1.95 bits per heavy atom. The lowest BCUT2D eigenvalue weighted by Gasteiger charge is -2.10. The number of hydrogen-bond donors (Lipinski definition) is 2. The van der Waals surface area contributed by atoms with E-state index in [9.17, 15) is 4.39 Å². The summed E-state index contributed by atoms with van der Waals surface area (Å²) < 4.78 is 18.7. The van der Waals surface area contributed by atoms with Crippen LogP contribution in [0.4, 0.5) is 4.39 Å². The van der Waals surface area contributed by atoms with E-state index in [0.29, 0.717) is 11.5 Å². The zero-order chi connectivity index (χ0) is 15.1. The van der Waals surface area contributed by atoms with E-state index >= 15 is 0 Å². The predicted octanol–water partition coefficient (Wildman–Crippen LogP) is 2.44. The fraction of sp³-hybridized carbons (Fsp3) is 0.0667. The topological polar surface area (TPSA) is 59.6 Å². The molecule has 0 saturated carbocycles. The quantitative estimate of drug-likeness (QED) is 0.506. The van der Waals surface area contributed by atoms with Gasteiger partial charge in [-0.15, -0.1) is 0 Å². The standard InChI is InChI=1S/C15H14FN3OS/c16-12-7-4-8-13(9-12)20-10-14(18-19-15(17)21)11-5-2-1-3-6-11/h1-9H,10H2,(H3,17,19,21). The Bertz CT molecular complexity index is 646. The summed E-state index contributed by atoms with van der Waals surface area (Å²) in [6, 6.07) is 15.3. The number of thiocarbonyl (C=S) groups is 1. The monoisotopic (exact) mass is 303 g/mol. The molecule has 0 radical (unpaired) electrons. The molecule has 6 heteroatoms. The van der Waals surface area contributed by atoms with E-state index in [0.717, 1.165) is 5.56 Å². The highest BCUT2D eigenvalue weighted by molar-refractivity contribution is 7.80. The van der Waals surface area contributed by atoms with Crippen molar-refractivity contribution < 1.29 is 9.13 Å². The van der Waals surface area contributed by atoms with Crippen molar-refractivity contribution in [2.75, 3.05) is 6.61 Å². The Morgan fingerprint density at radius 3 is 2.62 bits per heavy atom. The van der Waals surface area contributed by atoms with Gasteiger partial charge in [0.05, 0.1) is 0 Å². The summed E-state index contributed by atoms with van der Waals surface area (Å²) in [4.78, 5) is 0. The van der Waals surface area contributed by atoms with Crippen LogP contribution in [0.1, 0.15) is 5.56 Å². The molecule has 0 saturated heterocycles. The van der Waals surface area contributed by atoms with Gasteiger partial charge in [0.2, 0.25) is 0 Å². The van der Waals surface area contributed by atoms with E-state index in [4.69, 9.17) is 22.7 Å². The second-order valence-corrected chi connectivity index (χ2v) is 4.59. The van der Waals surface area contributed by atoms with Crippen LogP contribution in [-0.4, -0.2) is 17.4 Å². The van der Waals surface area contributed by atoms with Gasteiger partial charge in [-0.3, -0.25) is 5.43 Å². The highest BCUT2D eigenvalue weighted by Crippen LogP contribution is 2.12. The summed E-state index contributed by atoms with van der Waals surface area (Å²) in [5, 5.41) is 4.18. The Balaban J connectivity index is 2.13. The van der Waals surface area contributed by atoms with Gasteiger partial charge in [-0.05, 0) is 24.4 Å². The number of nitrogens with one attached hydrogen (secondary N) is 1. The van der Waals surface area contributed by atoms with E-state index in [-0.39, 0.29) is 17.5 Å². The highest BCUT2D eigenvalue weighted by atomic mass is 32.1. The third-order valence-electron chi connectivity index (χ3n) is 2.58. The second kappa shape index (κ2) is 7.35. The smallest absolute Gasteiger partial charge is 0.184 e. The van der Waals surface area contributed by atoms with Crippen LogP contribution in [0.5, 0.6) is 5.75 Å². The number of rotatable bonds is 5. The van der Waals surface area contributed by atoms with Crippen molar-refractivity contribution >= 4 is 23.0 Å². The van der Waals surface area contributed by atoms with Gasteiger partial charge in [0, 0.05) is 11.6 Å². The number of nitrogens with two attached hydrogens (primary N) is 1. The average Bonchev–Trinajstić information content (AvgIpc) is 2.48. The summed E-state index contributed by atoms with van der Waals surface area (Å²) in [5.41, 5.74) is 9.37. The molecule has 0 heterocycles. The maximum atomic E-state index is 13.1. The maximum Gasteiger partial charge on any atom is 0.184 e. The zero-order valence-corrected chi connectivity index (χ0v) is 11.9. The molecule has 0 aliphatic carbocycles. The van der Waals surface area contributed by atoms with Gasteiger partial charge in [-0.25, -0.2) is 4.39 Å². The minimum atomic E-state index is -0.355. The first-order valence-corrected chi connectivity index (χ1v) is 6.62. The largest absolute Gasteiger partial charge is 0.487 e. The molecule has 2 aromatic carbocycles. The molecule has 0 atom stereocenters. The molecular formula is C15H14FN3OS. The summed E-state index contributed by atoms with van der Waals surface area (Å²) in [6.45, 7) is 0.156. The molecular weight excluding hydrogens is 289 g/mol. The molecule has 3 N–H and O–H groups in total. The van der Waals surface area contributed by atoms with Gasteiger partial charge >= 0.3 is 0 Å². The summed E-state index contributed by atoms with van der Waals surface area (Å²) in [6.07, 6.45) is 0. The van der Waals surface area contributed by atoms with E-state index in [2.05, 4.69) is 10.5 Å². The highest BCUT2D eigenvalue weighted by Gasteiger charge is 2.05. The molecule has 0 bridgehead atoms. The van der Waals surface area contributed by atoms with Crippen molar-refractivity contribution in [3.05, 3.63) is 66.0 Å². The van der Waals surface area contributed by atoms with E-state index in [1.807, 2.05) is 30.3 Å². The SMILES string of the molecule is NC(=S)NN=C(COc1cccc(F)c1)c1ccccc1. The number of hydrazone groups is 1. The first-order valence-electron chi connectivity index (χ1n) is 6.21. The third kappa shape index (κ3) is 4.85. The zero-order valence-electron chi connectivity index (χ0n) is 11.1. The molecule has 2 aromatic rings. The second-order valence-electron chi connectivity index (χ2n) is 4.15. The van der Waals surface area contributed by atoms with Crippen LogP contribution >= 0.6 is 12.2 Å². The third-order valence-corrected chi connectivity index (χ3v) is 2.67. The molecule has 0 aliphatic heterocycles. The minimum Gasteiger partial charge on any atom is -0.487 e. The molecule has 0 fully saturated rings. The van der Waals surface area contributed by atoms with E-state index in [1.165, 1.54) is 12.1 Å². The van der Waals surface area contributed by atoms with Gasteiger partial charge in [-0.1, -0.05) is 36.4 Å². The lowest BCUT2D eigenvalue weighted by atomic mass is 10.1. The number of hydrogen-bond acceptors (Lipinski definition) is 3. The van der Waals surface area contributed by atoms with Gasteiger partial charge in [0.15, 0.2) is 5.11 Å². The molecule has 2 rings (SSSR count). The van der Waals surface area contributed by atoms with Crippen molar-refractivity contribution in [1.82, 2.24) is 5.43 Å². The number of nitrogens with zero attached hydrogens (tertiary/aromatic N) is 1. The fourth-order valence-electron chi connectivity index (χ4n) is 1.64. The fourth-order valence-corrected chi connectivity index (χ4v) is 1.69. The molecule has 108 valence electrons. The van der Waals surface area contributed by atoms with Crippen molar-refractivity contribution in [2.24, 2.45) is 10.8 Å². The van der Waals surface area contributed by atoms with Crippen LogP contribution in [-0.2, 0) is 0 Å². The van der Waals surface area contributed by atoms with Gasteiger partial charge < -0.3 is 10.5 Å². The van der Waals surface area contributed by atoms with Gasteiger partial charge in [-0.2, -0.15) is 5.10 Å². The Morgan fingerprint density at radius 1 is 1.19 bits per heavy atom. The first kappa shape index (κ1) is 14.9. The van der Waals surface area contributed by atoms with Gasteiger partial charge in [0.1, 0.15) is 23.9 Å². The minimum absolute atomic E-state index is 0.0641. The van der Waals surface area contributed by atoms with Crippen LogP contribution in [0.2, 0.25) is 0 Å². The number of halogens is 1. The predicted molar refractivity (Wildman–Crippen MR) is 84.8 cm³/mol. The molecule has 21 heavy (non-hydrogen) atoms. The van der Waals surface area contributed by atoms with Crippen molar-refractivity contribution in [3.63, 3.8) is 0 Å². The molecule has 0 unspecified atom stereocenters. The van der Waals surface area contributed by atoms with Crippen molar-refractivity contribution in [1.29, 1.82) is 0 Å². The van der Waals surface area contributed by atoms with Crippen molar-refractivity contribution in [2.45, 2.75) is 0 Å². The number of ether oxygens (including phenoxy) is 1. The Labute approximate surface area is 127 Å². The lowest BCUT2D eigenvalue weighted by Crippen LogP contribution is -2.27. The molecule has 4 nitrogen and oxygen atoms in total. The Hall–Kier alpha value is -2.47. The normalized spacial score (nSPS) is 11.0. The van der Waals surface area contributed by atoms with Crippen molar-refractivity contribution in [3.8, 4) is 5.75 Å². The van der Waals surface area contributed by atoms with Crippen LogP contribution in [0.25, 0.3) is 0 Å². The first-order chi connectivity index (χ1) is 10.1. The van der Waals surface area contributed by atoms with Gasteiger partial charge in [0.25, 0.3) is 0 Å². The van der Waals surface area contributed by atoms with Crippen LogP contribution in [0, 0.1) is 5.82 Å². The lowest BCUT2D eigenvalue weighted by molar-refractivity contribution is 0.373. The maximum absolute atomic E-state index is 13.1. The van der Waals surface area contributed by atoms with E-state index < -0.39 is 0 Å². The van der Waals surface area contributed by atoms with Crippen LogP contribution in [0.3, 0.4) is 0 Å². The van der Waals surface area contributed by atoms with Crippen LogP contribution in [0.15, 0.2) is 59.7 Å². The molecule has 0 aromatic heterocycles. The summed E-state index contributed by atoms with van der Waals surface area (Å²) in [7, 11) is 0. The average molecular weight is 303 g/mol. The Kier molecular flexibility index (Phi) is 5.22. The molecule has 0 spiro atoms. The van der Waals surface area contributed by atoms with E-state index in [1.54, 1.807) is 12.1 Å².